The lowest BCUT2D eigenvalue weighted by atomic mass is 10.1. The van der Waals surface area contributed by atoms with Crippen LogP contribution >= 0.6 is 0 Å². The van der Waals surface area contributed by atoms with Gasteiger partial charge in [-0.2, -0.15) is 0 Å². The molecule has 24 heavy (non-hydrogen) atoms. The minimum Gasteiger partial charge on any atom is -0.312 e. The molecule has 4 heteroatoms. The largest absolute Gasteiger partial charge is 0.312 e. The van der Waals surface area contributed by atoms with Gasteiger partial charge in [-0.1, -0.05) is 30.3 Å². The molecule has 0 aromatic heterocycles. The van der Waals surface area contributed by atoms with E-state index in [2.05, 4.69) is 11.0 Å². The monoisotopic (exact) mass is 324 g/mol. The molecule has 1 fully saturated rings. The van der Waals surface area contributed by atoms with Crippen molar-refractivity contribution in [2.75, 3.05) is 24.5 Å². The number of amides is 1. The van der Waals surface area contributed by atoms with E-state index in [1.54, 1.807) is 12.1 Å². The second-order valence-electron chi connectivity index (χ2n) is 6.72. The zero-order valence-corrected chi connectivity index (χ0v) is 13.6. The third-order valence-electron chi connectivity index (χ3n) is 5.07. The number of para-hydroxylation sites is 1. The van der Waals surface area contributed by atoms with Gasteiger partial charge in [0.25, 0.3) is 0 Å². The Balaban J connectivity index is 1.41. The summed E-state index contributed by atoms with van der Waals surface area (Å²) in [6, 6.07) is 14.9. The number of nitrogens with zero attached hydrogens (tertiary/aromatic N) is 2. The lowest BCUT2D eigenvalue weighted by molar-refractivity contribution is -0.121. The molecule has 0 N–H and O–H groups in total. The van der Waals surface area contributed by atoms with Crippen LogP contribution in [0.2, 0.25) is 0 Å². The lowest BCUT2D eigenvalue weighted by Gasteiger charge is -2.22. The summed E-state index contributed by atoms with van der Waals surface area (Å²) in [7, 11) is 0. The highest BCUT2D eigenvalue weighted by Gasteiger charge is 2.34. The second-order valence-corrected chi connectivity index (χ2v) is 6.72. The van der Waals surface area contributed by atoms with Crippen molar-refractivity contribution in [1.82, 2.24) is 4.90 Å². The maximum Gasteiger partial charge on any atom is 0.231 e. The lowest BCUT2D eigenvalue weighted by Crippen LogP contribution is -2.36. The highest BCUT2D eigenvalue weighted by molar-refractivity contribution is 5.97. The number of halogens is 1. The molecule has 1 saturated heterocycles. The first-order valence-electron chi connectivity index (χ1n) is 8.57. The van der Waals surface area contributed by atoms with Crippen LogP contribution < -0.4 is 4.90 Å². The third kappa shape index (κ3) is 2.94. The predicted molar refractivity (Wildman–Crippen MR) is 92.3 cm³/mol. The number of benzene rings is 2. The maximum absolute atomic E-state index is 13.3. The minimum atomic E-state index is -0.201. The summed E-state index contributed by atoms with van der Waals surface area (Å²) in [4.78, 5) is 17.1. The van der Waals surface area contributed by atoms with Gasteiger partial charge in [-0.25, -0.2) is 4.39 Å². The van der Waals surface area contributed by atoms with Crippen LogP contribution in [-0.4, -0.2) is 30.4 Å². The number of rotatable bonds is 3. The van der Waals surface area contributed by atoms with Crippen LogP contribution in [0.4, 0.5) is 10.1 Å². The Morgan fingerprint density at radius 3 is 2.88 bits per heavy atom. The molecule has 2 aliphatic heterocycles. The molecule has 1 atom stereocenters. The van der Waals surface area contributed by atoms with Gasteiger partial charge in [0.15, 0.2) is 0 Å². The Morgan fingerprint density at radius 1 is 1.12 bits per heavy atom. The molecule has 2 heterocycles. The Kier molecular flexibility index (Phi) is 4.07. The van der Waals surface area contributed by atoms with Crippen molar-refractivity contribution in [3.63, 3.8) is 0 Å². The molecule has 0 bridgehead atoms. The van der Waals surface area contributed by atoms with Crippen LogP contribution in [0, 0.1) is 11.7 Å². The van der Waals surface area contributed by atoms with Crippen LogP contribution in [-0.2, 0) is 17.8 Å². The van der Waals surface area contributed by atoms with Crippen LogP contribution in [0.15, 0.2) is 48.5 Å². The topological polar surface area (TPSA) is 23.6 Å². The molecule has 0 spiro atoms. The van der Waals surface area contributed by atoms with Crippen molar-refractivity contribution in [1.29, 1.82) is 0 Å². The van der Waals surface area contributed by atoms with E-state index in [0.717, 1.165) is 43.7 Å². The first-order valence-corrected chi connectivity index (χ1v) is 8.57. The summed E-state index contributed by atoms with van der Waals surface area (Å²) < 4.78 is 13.3. The first kappa shape index (κ1) is 15.3. The summed E-state index contributed by atoms with van der Waals surface area (Å²) in [5.41, 5.74) is 3.31. The van der Waals surface area contributed by atoms with Crippen LogP contribution in [0.5, 0.6) is 0 Å². The molecule has 0 radical (unpaired) electrons. The van der Waals surface area contributed by atoms with Crippen molar-refractivity contribution in [3.8, 4) is 0 Å². The van der Waals surface area contributed by atoms with Crippen LogP contribution in [0.1, 0.15) is 17.5 Å². The Bertz CT molecular complexity index is 761. The van der Waals surface area contributed by atoms with Gasteiger partial charge < -0.3 is 4.90 Å². The van der Waals surface area contributed by atoms with Crippen molar-refractivity contribution >= 4 is 11.6 Å². The molecule has 3 nitrogen and oxygen atoms in total. The Morgan fingerprint density at radius 2 is 2.00 bits per heavy atom. The van der Waals surface area contributed by atoms with Gasteiger partial charge in [0.05, 0.1) is 5.92 Å². The third-order valence-corrected chi connectivity index (χ3v) is 5.07. The maximum atomic E-state index is 13.3. The molecule has 1 unspecified atom stereocenters. The van der Waals surface area contributed by atoms with E-state index in [0.29, 0.717) is 6.54 Å². The number of hydrogen-bond donors (Lipinski definition) is 0. The van der Waals surface area contributed by atoms with Crippen molar-refractivity contribution < 1.29 is 9.18 Å². The Labute approximate surface area is 141 Å². The Hall–Kier alpha value is -2.20. The van der Waals surface area contributed by atoms with E-state index in [-0.39, 0.29) is 17.6 Å². The summed E-state index contributed by atoms with van der Waals surface area (Å²) in [6.07, 6.45) is 1.83. The van der Waals surface area contributed by atoms with Crippen molar-refractivity contribution in [3.05, 3.63) is 65.5 Å². The van der Waals surface area contributed by atoms with Gasteiger partial charge in [0.1, 0.15) is 5.82 Å². The fourth-order valence-electron chi connectivity index (χ4n) is 3.86. The molecule has 1 amide bonds. The number of hydrogen-bond acceptors (Lipinski definition) is 2. The molecular weight excluding hydrogens is 303 g/mol. The second kappa shape index (κ2) is 6.36. The van der Waals surface area contributed by atoms with Crippen molar-refractivity contribution in [2.24, 2.45) is 5.92 Å². The number of carbonyl (C=O) groups is 1. The van der Waals surface area contributed by atoms with E-state index in [1.807, 2.05) is 29.2 Å². The van der Waals surface area contributed by atoms with Crippen LogP contribution in [0.3, 0.4) is 0 Å². The molecule has 0 aliphatic carbocycles. The predicted octanol–water partition coefficient (Wildman–Crippen LogP) is 3.24. The van der Waals surface area contributed by atoms with E-state index < -0.39 is 0 Å². The van der Waals surface area contributed by atoms with E-state index >= 15 is 0 Å². The molecule has 2 aliphatic rings. The van der Waals surface area contributed by atoms with Gasteiger partial charge in [0.2, 0.25) is 5.91 Å². The molecule has 2 aromatic rings. The summed E-state index contributed by atoms with van der Waals surface area (Å²) in [6.45, 7) is 3.15. The van der Waals surface area contributed by atoms with E-state index in [4.69, 9.17) is 0 Å². The number of anilines is 1. The highest BCUT2D eigenvalue weighted by Crippen LogP contribution is 2.31. The normalized spacial score (nSPS) is 20.4. The fourth-order valence-corrected chi connectivity index (χ4v) is 3.86. The average molecular weight is 324 g/mol. The highest BCUT2D eigenvalue weighted by atomic mass is 19.1. The molecule has 4 rings (SSSR count). The molecule has 124 valence electrons. The number of fused-ring (bicyclic) bond motifs is 1. The van der Waals surface area contributed by atoms with Gasteiger partial charge in [-0.15, -0.1) is 0 Å². The molecule has 2 aromatic carbocycles. The minimum absolute atomic E-state index is 0.0460. The van der Waals surface area contributed by atoms with Crippen LogP contribution in [0.25, 0.3) is 0 Å². The van der Waals surface area contributed by atoms with Gasteiger partial charge in [-0.05, 0) is 48.7 Å². The van der Waals surface area contributed by atoms with Crippen molar-refractivity contribution in [2.45, 2.75) is 19.4 Å². The first-order chi connectivity index (χ1) is 11.7. The van der Waals surface area contributed by atoms with E-state index in [9.17, 15) is 9.18 Å². The van der Waals surface area contributed by atoms with Gasteiger partial charge >= 0.3 is 0 Å². The number of likely N-dealkylation sites (tertiary alicyclic amines) is 1. The zero-order chi connectivity index (χ0) is 16.5. The molecular formula is C20H21FN2O. The average Bonchev–Trinajstić information content (AvgIpc) is 3.21. The van der Waals surface area contributed by atoms with Gasteiger partial charge in [-0.3, -0.25) is 9.69 Å². The summed E-state index contributed by atoms with van der Waals surface area (Å²) in [5, 5.41) is 0. The SMILES string of the molecule is O=C(C1CCN(Cc2cccc(F)c2)C1)N1CCc2ccccc21. The standard InChI is InChI=1S/C20H21FN2O/c21-18-6-3-4-15(12-18)13-22-10-8-17(14-22)20(24)23-11-9-16-5-1-2-7-19(16)23/h1-7,12,17H,8-11,13-14H2. The quantitative estimate of drug-likeness (QED) is 0.865. The summed E-state index contributed by atoms with van der Waals surface area (Å²) >= 11 is 0. The smallest absolute Gasteiger partial charge is 0.231 e. The number of carbonyl (C=O) groups excluding carboxylic acids is 1. The van der Waals surface area contributed by atoms with E-state index in [1.165, 1.54) is 11.6 Å². The summed E-state index contributed by atoms with van der Waals surface area (Å²) in [5.74, 6) is 0.0828. The van der Waals surface area contributed by atoms with Gasteiger partial charge in [0, 0.05) is 25.3 Å². The molecule has 0 saturated carbocycles. The fraction of sp³-hybridized carbons (Fsp3) is 0.350. The zero-order valence-electron chi connectivity index (χ0n) is 13.6.